The van der Waals surface area contributed by atoms with E-state index in [1.807, 2.05) is 64.1 Å². The van der Waals surface area contributed by atoms with Crippen molar-refractivity contribution in [2.24, 2.45) is 0 Å². The standard InChI is InChI=1S/C33H41N3O4S/c1-5-30(33(38)34-28-15-11-12-16-28)35(22-27-14-10-9-13-25(27)3)32(37)23-36(31-21-24(2)19-20-26(31)4)41(39,40)29-17-7-6-8-18-29/h6-10,13-14,17-21,28,30H,5,11-12,15-16,22-23H2,1-4H3,(H,34,38). The van der Waals surface area contributed by atoms with Crippen LogP contribution in [0.4, 0.5) is 5.69 Å². The maximum absolute atomic E-state index is 14.3. The highest BCUT2D eigenvalue weighted by Gasteiger charge is 2.35. The summed E-state index contributed by atoms with van der Waals surface area (Å²) in [5, 5.41) is 3.16. The summed E-state index contributed by atoms with van der Waals surface area (Å²) in [6.45, 7) is 7.36. The molecule has 4 rings (SSSR count). The second-order valence-corrected chi connectivity index (χ2v) is 12.8. The van der Waals surface area contributed by atoms with Crippen molar-refractivity contribution < 1.29 is 18.0 Å². The first kappa shape index (κ1) is 30.3. The monoisotopic (exact) mass is 575 g/mol. The first-order valence-corrected chi connectivity index (χ1v) is 15.8. The van der Waals surface area contributed by atoms with E-state index in [1.54, 1.807) is 29.2 Å². The molecule has 1 N–H and O–H groups in total. The van der Waals surface area contributed by atoms with E-state index < -0.39 is 28.5 Å². The molecule has 2 amide bonds. The van der Waals surface area contributed by atoms with Gasteiger partial charge in [-0.2, -0.15) is 0 Å². The smallest absolute Gasteiger partial charge is 0.264 e. The van der Waals surface area contributed by atoms with Crippen LogP contribution in [0, 0.1) is 20.8 Å². The molecule has 41 heavy (non-hydrogen) atoms. The molecule has 1 saturated carbocycles. The Labute approximate surface area is 244 Å². The first-order chi connectivity index (χ1) is 19.6. The Bertz CT molecular complexity index is 1470. The number of carbonyl (C=O) groups excluding carboxylic acids is 2. The number of amides is 2. The molecular formula is C33H41N3O4S. The van der Waals surface area contributed by atoms with E-state index in [9.17, 15) is 18.0 Å². The van der Waals surface area contributed by atoms with Gasteiger partial charge in [-0.3, -0.25) is 13.9 Å². The van der Waals surface area contributed by atoms with Gasteiger partial charge in [-0.1, -0.05) is 74.4 Å². The Morgan fingerprint density at radius 1 is 0.902 bits per heavy atom. The summed E-state index contributed by atoms with van der Waals surface area (Å²) in [6, 6.07) is 20.9. The van der Waals surface area contributed by atoms with Crippen molar-refractivity contribution in [1.29, 1.82) is 0 Å². The van der Waals surface area contributed by atoms with Crippen molar-refractivity contribution in [3.05, 3.63) is 95.1 Å². The van der Waals surface area contributed by atoms with Gasteiger partial charge in [0.25, 0.3) is 10.0 Å². The van der Waals surface area contributed by atoms with Gasteiger partial charge in [-0.25, -0.2) is 8.42 Å². The third-order valence-corrected chi connectivity index (χ3v) is 9.71. The van der Waals surface area contributed by atoms with Crippen LogP contribution in [0.3, 0.4) is 0 Å². The fourth-order valence-electron chi connectivity index (χ4n) is 5.48. The zero-order chi connectivity index (χ0) is 29.6. The van der Waals surface area contributed by atoms with Crippen LogP contribution in [0.1, 0.15) is 61.3 Å². The quantitative estimate of drug-likeness (QED) is 0.319. The van der Waals surface area contributed by atoms with Gasteiger partial charge in [-0.05, 0) is 80.5 Å². The van der Waals surface area contributed by atoms with Crippen LogP contribution >= 0.6 is 0 Å². The lowest BCUT2D eigenvalue weighted by Gasteiger charge is -2.34. The Hall–Kier alpha value is -3.65. The van der Waals surface area contributed by atoms with Crippen LogP contribution in [0.25, 0.3) is 0 Å². The predicted octanol–water partition coefficient (Wildman–Crippen LogP) is 5.67. The fourth-order valence-corrected chi connectivity index (χ4v) is 6.97. The van der Waals surface area contributed by atoms with Crippen molar-refractivity contribution >= 4 is 27.5 Å². The Morgan fingerprint density at radius 3 is 2.22 bits per heavy atom. The van der Waals surface area contributed by atoms with E-state index in [-0.39, 0.29) is 23.4 Å². The van der Waals surface area contributed by atoms with Crippen LogP contribution in [-0.4, -0.2) is 43.8 Å². The van der Waals surface area contributed by atoms with Crippen molar-refractivity contribution in [2.45, 2.75) is 83.3 Å². The van der Waals surface area contributed by atoms with Gasteiger partial charge in [0, 0.05) is 12.6 Å². The summed E-state index contributed by atoms with van der Waals surface area (Å²) < 4.78 is 29.3. The van der Waals surface area contributed by atoms with E-state index >= 15 is 0 Å². The molecule has 1 unspecified atom stereocenters. The van der Waals surface area contributed by atoms with Crippen LogP contribution in [0.15, 0.2) is 77.7 Å². The Kier molecular flexibility index (Phi) is 9.86. The highest BCUT2D eigenvalue weighted by atomic mass is 32.2. The maximum Gasteiger partial charge on any atom is 0.264 e. The number of hydrogen-bond donors (Lipinski definition) is 1. The molecule has 7 nitrogen and oxygen atoms in total. The molecule has 1 fully saturated rings. The molecule has 0 bridgehead atoms. The zero-order valence-corrected chi connectivity index (χ0v) is 25.3. The predicted molar refractivity (Wildman–Crippen MR) is 163 cm³/mol. The number of nitrogens with zero attached hydrogens (tertiary/aromatic N) is 2. The summed E-state index contributed by atoms with van der Waals surface area (Å²) in [5.74, 6) is -0.618. The number of sulfonamides is 1. The number of benzene rings is 3. The van der Waals surface area contributed by atoms with Gasteiger partial charge in [-0.15, -0.1) is 0 Å². The van der Waals surface area contributed by atoms with Gasteiger partial charge in [0.1, 0.15) is 12.6 Å². The fraction of sp³-hybridized carbons (Fsp3) is 0.394. The second kappa shape index (κ2) is 13.3. The van der Waals surface area contributed by atoms with E-state index in [0.29, 0.717) is 12.1 Å². The molecule has 218 valence electrons. The SMILES string of the molecule is CCC(C(=O)NC1CCCC1)N(Cc1ccccc1C)C(=O)CN(c1cc(C)ccc1C)S(=O)(=O)c1ccccc1. The number of rotatable bonds is 11. The number of aryl methyl sites for hydroxylation is 3. The summed E-state index contributed by atoms with van der Waals surface area (Å²) in [6.07, 6.45) is 4.43. The largest absolute Gasteiger partial charge is 0.352 e. The number of hydrogen-bond acceptors (Lipinski definition) is 4. The van der Waals surface area contributed by atoms with Gasteiger partial charge in [0.15, 0.2) is 0 Å². The average Bonchev–Trinajstić information content (AvgIpc) is 3.47. The van der Waals surface area contributed by atoms with Crippen LogP contribution in [0.2, 0.25) is 0 Å². The minimum absolute atomic E-state index is 0.102. The average molecular weight is 576 g/mol. The van der Waals surface area contributed by atoms with Crippen molar-refractivity contribution in [1.82, 2.24) is 10.2 Å². The molecule has 8 heteroatoms. The van der Waals surface area contributed by atoms with E-state index in [0.717, 1.165) is 47.9 Å². The minimum Gasteiger partial charge on any atom is -0.352 e. The molecule has 0 spiro atoms. The summed E-state index contributed by atoms with van der Waals surface area (Å²) >= 11 is 0. The molecule has 3 aromatic carbocycles. The third-order valence-electron chi connectivity index (χ3n) is 7.93. The van der Waals surface area contributed by atoms with Gasteiger partial charge < -0.3 is 10.2 Å². The highest BCUT2D eigenvalue weighted by molar-refractivity contribution is 7.92. The molecule has 0 heterocycles. The van der Waals surface area contributed by atoms with E-state index in [1.165, 1.54) is 16.4 Å². The maximum atomic E-state index is 14.3. The van der Waals surface area contributed by atoms with Crippen molar-refractivity contribution in [2.75, 3.05) is 10.8 Å². The minimum atomic E-state index is -4.09. The molecule has 0 aliphatic heterocycles. The van der Waals surface area contributed by atoms with E-state index in [2.05, 4.69) is 5.32 Å². The topological polar surface area (TPSA) is 86.8 Å². The van der Waals surface area contributed by atoms with Gasteiger partial charge >= 0.3 is 0 Å². The van der Waals surface area contributed by atoms with Gasteiger partial charge in [0.05, 0.1) is 10.6 Å². The van der Waals surface area contributed by atoms with Crippen LogP contribution in [0.5, 0.6) is 0 Å². The molecule has 3 aromatic rings. The molecule has 0 radical (unpaired) electrons. The van der Waals surface area contributed by atoms with Gasteiger partial charge in [0.2, 0.25) is 11.8 Å². The molecule has 1 atom stereocenters. The number of nitrogens with one attached hydrogen (secondary N) is 1. The Balaban J connectivity index is 1.75. The third kappa shape index (κ3) is 7.17. The van der Waals surface area contributed by atoms with Crippen LogP contribution in [-0.2, 0) is 26.2 Å². The van der Waals surface area contributed by atoms with Crippen molar-refractivity contribution in [3.63, 3.8) is 0 Å². The van der Waals surface area contributed by atoms with Crippen molar-refractivity contribution in [3.8, 4) is 0 Å². The van der Waals surface area contributed by atoms with E-state index in [4.69, 9.17) is 0 Å². The lowest BCUT2D eigenvalue weighted by Crippen LogP contribution is -2.53. The Morgan fingerprint density at radius 2 is 1.56 bits per heavy atom. The number of carbonyl (C=O) groups is 2. The lowest BCUT2D eigenvalue weighted by atomic mass is 10.1. The molecule has 0 saturated heterocycles. The molecular weight excluding hydrogens is 534 g/mol. The highest BCUT2D eigenvalue weighted by Crippen LogP contribution is 2.29. The molecule has 0 aromatic heterocycles. The zero-order valence-electron chi connectivity index (χ0n) is 24.5. The number of anilines is 1. The summed E-state index contributed by atoms with van der Waals surface area (Å²) in [4.78, 5) is 29.5. The molecule has 1 aliphatic rings. The molecule has 1 aliphatic carbocycles. The lowest BCUT2D eigenvalue weighted by molar-refractivity contribution is -0.140. The van der Waals surface area contributed by atoms with Crippen LogP contribution < -0.4 is 9.62 Å². The second-order valence-electron chi connectivity index (χ2n) is 11.0. The normalized spacial score (nSPS) is 14.4. The summed E-state index contributed by atoms with van der Waals surface area (Å²) in [5.41, 5.74) is 3.98. The summed E-state index contributed by atoms with van der Waals surface area (Å²) in [7, 11) is -4.09. The first-order valence-electron chi connectivity index (χ1n) is 14.4.